The molecule has 8 nitrogen and oxygen atoms in total. The predicted octanol–water partition coefficient (Wildman–Crippen LogP) is 1.39. The van der Waals surface area contributed by atoms with Gasteiger partial charge in [-0.25, -0.2) is 8.42 Å². The van der Waals surface area contributed by atoms with E-state index in [1.54, 1.807) is 25.3 Å². The number of nitrogens with one attached hydrogen (secondary N) is 2. The second-order valence-electron chi connectivity index (χ2n) is 7.65. The lowest BCUT2D eigenvalue weighted by molar-refractivity contribution is -0.140. The zero-order chi connectivity index (χ0) is 19.7. The SMILES string of the molecule is COc1ccc2c(c1)N[C@@H](C1CCN(C(=O)C3CCOCC3)CC1)NS2(=O)=O. The highest BCUT2D eigenvalue weighted by Gasteiger charge is 2.37. The lowest BCUT2D eigenvalue weighted by atomic mass is 9.91. The normalized spacial score (nSPS) is 25.6. The zero-order valence-corrected chi connectivity index (χ0v) is 16.8. The van der Waals surface area contributed by atoms with Crippen molar-refractivity contribution in [3.8, 4) is 5.75 Å². The molecule has 2 fully saturated rings. The largest absolute Gasteiger partial charge is 0.497 e. The van der Waals surface area contributed by atoms with E-state index in [0.29, 0.717) is 37.7 Å². The summed E-state index contributed by atoms with van der Waals surface area (Å²) in [6, 6.07) is 4.90. The van der Waals surface area contributed by atoms with E-state index in [1.807, 2.05) is 4.90 Å². The van der Waals surface area contributed by atoms with Crippen LogP contribution in [0.15, 0.2) is 23.1 Å². The number of hydrogen-bond donors (Lipinski definition) is 2. The van der Waals surface area contributed by atoms with Gasteiger partial charge in [-0.05, 0) is 43.7 Å². The number of methoxy groups -OCH3 is 1. The maximum atomic E-state index is 12.7. The van der Waals surface area contributed by atoms with Gasteiger partial charge in [0.1, 0.15) is 10.6 Å². The zero-order valence-electron chi connectivity index (χ0n) is 16.0. The molecule has 3 aliphatic rings. The number of piperidine rings is 1. The van der Waals surface area contributed by atoms with Crippen molar-refractivity contribution in [3.63, 3.8) is 0 Å². The molecule has 3 aliphatic heterocycles. The molecule has 0 saturated carbocycles. The predicted molar refractivity (Wildman–Crippen MR) is 104 cm³/mol. The van der Waals surface area contributed by atoms with Gasteiger partial charge >= 0.3 is 0 Å². The molecular formula is C19H27N3O5S. The molecule has 1 amide bonds. The minimum atomic E-state index is -3.58. The van der Waals surface area contributed by atoms with Crippen LogP contribution in [0.3, 0.4) is 0 Å². The van der Waals surface area contributed by atoms with Crippen LogP contribution in [-0.4, -0.2) is 58.8 Å². The smallest absolute Gasteiger partial charge is 0.244 e. The number of fused-ring (bicyclic) bond motifs is 1. The maximum absolute atomic E-state index is 12.7. The number of anilines is 1. The Balaban J connectivity index is 1.41. The van der Waals surface area contributed by atoms with Crippen molar-refractivity contribution >= 4 is 21.6 Å². The number of rotatable bonds is 3. The van der Waals surface area contributed by atoms with E-state index in [-0.39, 0.29) is 28.8 Å². The lowest BCUT2D eigenvalue weighted by Crippen LogP contribution is -2.53. The number of amides is 1. The van der Waals surface area contributed by atoms with Crippen molar-refractivity contribution in [1.29, 1.82) is 0 Å². The molecular weight excluding hydrogens is 382 g/mol. The minimum absolute atomic E-state index is 0.0657. The van der Waals surface area contributed by atoms with Crippen LogP contribution in [0.25, 0.3) is 0 Å². The van der Waals surface area contributed by atoms with Gasteiger partial charge in [0.05, 0.1) is 19.0 Å². The first-order valence-electron chi connectivity index (χ1n) is 9.81. The Hall–Kier alpha value is -1.84. The fourth-order valence-electron chi connectivity index (χ4n) is 4.28. The molecule has 0 aromatic heterocycles. The third kappa shape index (κ3) is 3.83. The van der Waals surface area contributed by atoms with Gasteiger partial charge in [-0.3, -0.25) is 4.79 Å². The van der Waals surface area contributed by atoms with Crippen molar-refractivity contribution < 1.29 is 22.7 Å². The van der Waals surface area contributed by atoms with Gasteiger partial charge in [0.15, 0.2) is 0 Å². The number of hydrogen-bond acceptors (Lipinski definition) is 6. The summed E-state index contributed by atoms with van der Waals surface area (Å²) in [6.45, 7) is 2.63. The second-order valence-corrected chi connectivity index (χ2v) is 9.34. The Bertz CT molecular complexity index is 830. The van der Waals surface area contributed by atoms with Crippen LogP contribution in [0.5, 0.6) is 5.75 Å². The molecule has 2 saturated heterocycles. The minimum Gasteiger partial charge on any atom is -0.497 e. The van der Waals surface area contributed by atoms with E-state index in [0.717, 1.165) is 25.7 Å². The van der Waals surface area contributed by atoms with Gasteiger partial charge in [-0.2, -0.15) is 4.72 Å². The fourth-order valence-corrected chi connectivity index (χ4v) is 5.65. The molecule has 0 unspecified atom stereocenters. The van der Waals surface area contributed by atoms with Gasteiger partial charge in [-0.15, -0.1) is 0 Å². The third-order valence-electron chi connectivity index (χ3n) is 5.96. The highest BCUT2D eigenvalue weighted by Crippen LogP contribution is 2.33. The molecule has 0 spiro atoms. The molecule has 28 heavy (non-hydrogen) atoms. The van der Waals surface area contributed by atoms with Crippen LogP contribution in [0.2, 0.25) is 0 Å². The van der Waals surface area contributed by atoms with E-state index < -0.39 is 10.0 Å². The van der Waals surface area contributed by atoms with Crippen LogP contribution >= 0.6 is 0 Å². The van der Waals surface area contributed by atoms with Crippen LogP contribution in [0.4, 0.5) is 5.69 Å². The summed E-state index contributed by atoms with van der Waals surface area (Å²) in [5.74, 6) is 1.01. The Labute approximate surface area is 165 Å². The first-order valence-corrected chi connectivity index (χ1v) is 11.3. The summed E-state index contributed by atoms with van der Waals surface area (Å²) in [5, 5.41) is 3.31. The average Bonchev–Trinajstić information content (AvgIpc) is 2.73. The molecule has 4 rings (SSSR count). The molecule has 154 valence electrons. The van der Waals surface area contributed by atoms with Gasteiger partial charge in [-0.1, -0.05) is 0 Å². The monoisotopic (exact) mass is 409 g/mol. The van der Waals surface area contributed by atoms with Gasteiger partial charge < -0.3 is 19.7 Å². The summed E-state index contributed by atoms with van der Waals surface area (Å²) in [7, 11) is -2.02. The Morgan fingerprint density at radius 1 is 1.18 bits per heavy atom. The number of ether oxygens (including phenoxy) is 2. The van der Waals surface area contributed by atoms with Crippen LogP contribution in [0.1, 0.15) is 25.7 Å². The average molecular weight is 410 g/mol. The molecule has 1 aromatic carbocycles. The number of nitrogens with zero attached hydrogens (tertiary/aromatic N) is 1. The van der Waals surface area contributed by atoms with E-state index >= 15 is 0 Å². The number of carbonyl (C=O) groups excluding carboxylic acids is 1. The van der Waals surface area contributed by atoms with Gasteiger partial charge in [0.25, 0.3) is 0 Å². The molecule has 0 aliphatic carbocycles. The summed E-state index contributed by atoms with van der Waals surface area (Å²) < 4.78 is 38.6. The number of sulfonamides is 1. The second kappa shape index (κ2) is 7.88. The van der Waals surface area contributed by atoms with Crippen LogP contribution in [0, 0.1) is 11.8 Å². The Morgan fingerprint density at radius 2 is 1.89 bits per heavy atom. The number of benzene rings is 1. The first kappa shape index (κ1) is 19.5. The summed E-state index contributed by atoms with van der Waals surface area (Å²) in [6.07, 6.45) is 2.72. The fraction of sp³-hybridized carbons (Fsp3) is 0.632. The highest BCUT2D eigenvalue weighted by atomic mass is 32.2. The molecule has 2 N–H and O–H groups in total. The maximum Gasteiger partial charge on any atom is 0.244 e. The summed E-state index contributed by atoms with van der Waals surface area (Å²) in [4.78, 5) is 14.9. The summed E-state index contributed by atoms with van der Waals surface area (Å²) >= 11 is 0. The molecule has 1 atom stereocenters. The molecule has 0 bridgehead atoms. The Morgan fingerprint density at radius 3 is 2.57 bits per heavy atom. The molecule has 9 heteroatoms. The lowest BCUT2D eigenvalue weighted by Gasteiger charge is -2.40. The van der Waals surface area contributed by atoms with E-state index in [4.69, 9.17) is 9.47 Å². The topological polar surface area (TPSA) is 97.0 Å². The van der Waals surface area contributed by atoms with Crippen LogP contribution < -0.4 is 14.8 Å². The van der Waals surface area contributed by atoms with Crippen molar-refractivity contribution in [1.82, 2.24) is 9.62 Å². The standard InChI is InChI=1S/C19H27N3O5S/c1-26-15-2-3-17-16(12-15)20-18(21-28(17,24)25)13-4-8-22(9-5-13)19(23)14-6-10-27-11-7-14/h2-3,12-14,18,20-21H,4-11H2,1H3/t18-/m1/s1. The van der Waals surface area contributed by atoms with E-state index in [9.17, 15) is 13.2 Å². The van der Waals surface area contributed by atoms with E-state index in [2.05, 4.69) is 10.0 Å². The van der Waals surface area contributed by atoms with Crippen molar-refractivity contribution in [2.75, 3.05) is 38.7 Å². The Kier molecular flexibility index (Phi) is 5.48. The van der Waals surface area contributed by atoms with Crippen molar-refractivity contribution in [2.24, 2.45) is 11.8 Å². The first-order chi connectivity index (χ1) is 13.5. The number of carbonyl (C=O) groups is 1. The molecule has 3 heterocycles. The third-order valence-corrected chi connectivity index (χ3v) is 7.46. The molecule has 1 aromatic rings. The quantitative estimate of drug-likeness (QED) is 0.783. The molecule has 0 radical (unpaired) electrons. The van der Waals surface area contributed by atoms with Crippen molar-refractivity contribution in [2.45, 2.75) is 36.7 Å². The highest BCUT2D eigenvalue weighted by molar-refractivity contribution is 7.89. The van der Waals surface area contributed by atoms with Crippen molar-refractivity contribution in [3.05, 3.63) is 18.2 Å². The van der Waals surface area contributed by atoms with Gasteiger partial charge in [0.2, 0.25) is 15.9 Å². The summed E-state index contributed by atoms with van der Waals surface area (Å²) in [5.41, 5.74) is 0.559. The van der Waals surface area contributed by atoms with Crippen LogP contribution in [-0.2, 0) is 19.6 Å². The van der Waals surface area contributed by atoms with E-state index in [1.165, 1.54) is 0 Å². The van der Waals surface area contributed by atoms with Gasteiger partial charge in [0, 0.05) is 38.3 Å². The number of likely N-dealkylation sites (tertiary alicyclic amines) is 1.